The van der Waals surface area contributed by atoms with Gasteiger partial charge in [0.15, 0.2) is 11.6 Å². The molecule has 0 saturated heterocycles. The normalized spacial score (nSPS) is 12.2. The van der Waals surface area contributed by atoms with Crippen molar-refractivity contribution in [2.24, 2.45) is 20.5 Å². The fraction of sp³-hybridized carbons (Fsp3) is 0.182. The molecule has 0 aliphatic carbocycles. The Hall–Kier alpha value is -5.16. The van der Waals surface area contributed by atoms with Crippen molar-refractivity contribution in [1.29, 1.82) is 0 Å². The van der Waals surface area contributed by atoms with Crippen LogP contribution in [0.25, 0.3) is 0 Å². The van der Waals surface area contributed by atoms with E-state index < -0.39 is 47.3 Å². The molecule has 5 aromatic carbocycles. The number of carbonyl (C=O) groups excluding carboxylic acids is 6. The average molecular weight is 1050 g/mol. The Balaban J connectivity index is 1.31. The number of rotatable bonds is 16. The highest BCUT2D eigenvalue weighted by atomic mass is 35.5. The number of ketones is 2. The van der Waals surface area contributed by atoms with Gasteiger partial charge in [-0.3, -0.25) is 28.8 Å². The maximum atomic E-state index is 13.7. The Morgan fingerprint density at radius 1 is 0.500 bits per heavy atom. The second-order valence-corrected chi connectivity index (χ2v) is 17.3. The summed E-state index contributed by atoms with van der Waals surface area (Å²) >= 11 is 49.4. The predicted octanol–water partition coefficient (Wildman–Crippen LogP) is 13.9. The first-order chi connectivity index (χ1) is 31.2. The number of nitrogens with one attached hydrogen (secondary N) is 4. The Bertz CT molecular complexity index is 2830. The smallest absolute Gasteiger partial charge is 0.258 e. The van der Waals surface area contributed by atoms with E-state index in [0.29, 0.717) is 29.7 Å². The van der Waals surface area contributed by atoms with Crippen LogP contribution >= 0.6 is 92.8 Å². The lowest BCUT2D eigenvalue weighted by atomic mass is 10.0. The molecule has 22 heteroatoms. The third kappa shape index (κ3) is 13.0. The minimum atomic E-state index is -1.60. The zero-order valence-electron chi connectivity index (χ0n) is 34.8. The van der Waals surface area contributed by atoms with E-state index in [0.717, 1.165) is 0 Å². The van der Waals surface area contributed by atoms with Crippen molar-refractivity contribution < 1.29 is 28.8 Å². The van der Waals surface area contributed by atoms with E-state index in [1.807, 2.05) is 13.8 Å². The van der Waals surface area contributed by atoms with Crippen LogP contribution in [-0.4, -0.2) is 47.3 Å². The summed E-state index contributed by atoms with van der Waals surface area (Å²) in [5, 5.41) is 27.7. The van der Waals surface area contributed by atoms with E-state index in [1.54, 1.807) is 12.1 Å². The molecule has 0 bridgehead atoms. The molecule has 2 unspecified atom stereocenters. The molecular weight excluding hydrogens is 1020 g/mol. The first-order valence-electron chi connectivity index (χ1n) is 19.3. The van der Waals surface area contributed by atoms with Gasteiger partial charge in [0.25, 0.3) is 23.6 Å². The number of nitrogens with zero attached hydrogens (tertiary/aromatic N) is 4. The summed E-state index contributed by atoms with van der Waals surface area (Å²) in [4.78, 5) is 79.0. The first-order valence-corrected chi connectivity index (χ1v) is 22.3. The van der Waals surface area contributed by atoms with Crippen molar-refractivity contribution in [2.45, 2.75) is 52.6 Å². The molecule has 2 atom stereocenters. The van der Waals surface area contributed by atoms with Crippen LogP contribution in [0.3, 0.4) is 0 Å². The lowest BCUT2D eigenvalue weighted by Crippen LogP contribution is -2.33. The summed E-state index contributed by atoms with van der Waals surface area (Å²) in [6.45, 7) is 5.96. The molecule has 0 heterocycles. The van der Waals surface area contributed by atoms with Gasteiger partial charge in [-0.2, -0.15) is 20.5 Å². The SMILES string of the molecule is CCc1cc(NC(=O)C(N=Nc2ccc(Cl)c(C(=O)Nc3cc(Cl)cc(Cl)c3Cl)c2)C(C)=O)cc(CC)c1NC(=O)C(N=Nc1ccc(Cl)c(C(=O)Nc2cc(Cl)cc(Cl)c2Cl)c1)C(C)=O. The molecule has 66 heavy (non-hydrogen) atoms. The van der Waals surface area contributed by atoms with Gasteiger partial charge >= 0.3 is 0 Å². The second-order valence-electron chi connectivity index (χ2n) is 14.0. The van der Waals surface area contributed by atoms with Crippen molar-refractivity contribution >= 4 is 162 Å². The maximum Gasteiger partial charge on any atom is 0.258 e. The van der Waals surface area contributed by atoms with E-state index in [2.05, 4.69) is 41.7 Å². The Morgan fingerprint density at radius 3 is 1.27 bits per heavy atom. The number of amides is 4. The third-order valence-corrected chi connectivity index (χ3v) is 12.0. The molecule has 0 aromatic heterocycles. The zero-order valence-corrected chi connectivity index (χ0v) is 40.8. The number of benzene rings is 5. The van der Waals surface area contributed by atoms with Gasteiger partial charge in [-0.1, -0.05) is 107 Å². The molecule has 4 N–H and O–H groups in total. The Labute approximate surface area is 417 Å². The van der Waals surface area contributed by atoms with Gasteiger partial charge in [0, 0.05) is 21.4 Å². The molecule has 0 spiro atoms. The fourth-order valence-electron chi connectivity index (χ4n) is 6.02. The van der Waals surface area contributed by atoms with E-state index in [4.69, 9.17) is 92.8 Å². The number of azo groups is 2. The molecule has 0 saturated carbocycles. The van der Waals surface area contributed by atoms with Gasteiger partial charge in [0.05, 0.1) is 64.0 Å². The molecule has 14 nitrogen and oxygen atoms in total. The molecule has 0 radical (unpaired) electrons. The third-order valence-electron chi connectivity index (χ3n) is 9.29. The van der Waals surface area contributed by atoms with Gasteiger partial charge in [-0.05, 0) is 111 Å². The molecule has 0 aliphatic rings. The number of hydrogen-bond acceptors (Lipinski definition) is 10. The molecule has 0 aliphatic heterocycles. The van der Waals surface area contributed by atoms with E-state index in [1.165, 1.54) is 74.5 Å². The topological polar surface area (TPSA) is 200 Å². The summed E-state index contributed by atoms with van der Waals surface area (Å²) in [5.74, 6) is -4.25. The number of Topliss-reactive ketones (excluding diaryl/α,β-unsaturated/α-hetero) is 2. The second kappa shape index (κ2) is 23.0. The zero-order chi connectivity index (χ0) is 48.6. The molecule has 4 amide bonds. The van der Waals surface area contributed by atoms with Crippen LogP contribution in [0.5, 0.6) is 0 Å². The lowest BCUT2D eigenvalue weighted by molar-refractivity contribution is -0.127. The largest absolute Gasteiger partial charge is 0.324 e. The number of halogens is 8. The van der Waals surface area contributed by atoms with E-state index in [-0.39, 0.29) is 79.7 Å². The van der Waals surface area contributed by atoms with Gasteiger partial charge in [0.1, 0.15) is 0 Å². The van der Waals surface area contributed by atoms with E-state index >= 15 is 0 Å². The van der Waals surface area contributed by atoms with Gasteiger partial charge in [-0.15, -0.1) is 0 Å². The lowest BCUT2D eigenvalue weighted by Gasteiger charge is -2.19. The van der Waals surface area contributed by atoms with Crippen LogP contribution in [0, 0.1) is 0 Å². The number of aryl methyl sites for hydroxylation is 2. The van der Waals surface area contributed by atoms with Gasteiger partial charge < -0.3 is 21.3 Å². The molecule has 342 valence electrons. The summed E-state index contributed by atoms with van der Waals surface area (Å²) < 4.78 is 0. The quantitative estimate of drug-likeness (QED) is 0.0430. The van der Waals surface area contributed by atoms with Crippen LogP contribution in [0.1, 0.15) is 59.5 Å². The molecule has 0 fully saturated rings. The van der Waals surface area contributed by atoms with Crippen LogP contribution in [0.2, 0.25) is 40.2 Å². The van der Waals surface area contributed by atoms with Crippen LogP contribution in [0.4, 0.5) is 34.1 Å². The highest BCUT2D eigenvalue weighted by molar-refractivity contribution is 6.46. The van der Waals surface area contributed by atoms with Crippen LogP contribution < -0.4 is 21.3 Å². The summed E-state index contributed by atoms with van der Waals surface area (Å²) in [6.07, 6.45) is 0.722. The average Bonchev–Trinajstić information content (AvgIpc) is 3.25. The van der Waals surface area contributed by atoms with Crippen LogP contribution in [0.15, 0.2) is 93.3 Å². The standard InChI is InChI=1S/C44H34Cl8N8O6/c1-5-21-11-27(53-43(65)38(19(3)61)59-57-25-7-9-30(47)28(17-25)41(63)54-34-15-23(45)13-32(49)36(34)51)12-22(6-2)40(21)56-44(66)39(20(4)62)60-58-26-8-10-31(48)29(18-26)42(64)55-35-16-24(46)14-33(50)37(35)52/h7-18,38-39H,5-6H2,1-4H3,(H,53,65)(H,54,63)(H,55,64)(H,56,66). The highest BCUT2D eigenvalue weighted by Crippen LogP contribution is 2.36. The molecular formula is C44H34Cl8N8O6. The van der Waals surface area contributed by atoms with Gasteiger partial charge in [0.2, 0.25) is 12.1 Å². The van der Waals surface area contributed by atoms with Crippen molar-refractivity contribution in [2.75, 3.05) is 21.3 Å². The summed E-state index contributed by atoms with van der Waals surface area (Å²) in [7, 11) is 0. The molecule has 5 aromatic rings. The number of hydrogen-bond donors (Lipinski definition) is 4. The van der Waals surface area contributed by atoms with E-state index in [9.17, 15) is 28.8 Å². The Kier molecular flexibility index (Phi) is 18.1. The van der Waals surface area contributed by atoms with Crippen LogP contribution in [-0.2, 0) is 32.0 Å². The summed E-state index contributed by atoms with van der Waals surface area (Å²) in [5.41, 5.74) is 2.20. The fourth-order valence-corrected chi connectivity index (χ4v) is 7.72. The van der Waals surface area contributed by atoms with Crippen molar-refractivity contribution in [3.8, 4) is 0 Å². The number of anilines is 4. The minimum Gasteiger partial charge on any atom is -0.324 e. The predicted molar refractivity (Wildman–Crippen MR) is 262 cm³/mol. The van der Waals surface area contributed by atoms with Crippen molar-refractivity contribution in [3.63, 3.8) is 0 Å². The summed E-state index contributed by atoms with van der Waals surface area (Å²) in [6, 6.07) is 13.9. The van der Waals surface area contributed by atoms with Gasteiger partial charge in [-0.25, -0.2) is 0 Å². The number of carbonyl (C=O) groups is 6. The monoisotopic (exact) mass is 1050 g/mol. The van der Waals surface area contributed by atoms with Crippen molar-refractivity contribution in [1.82, 2.24) is 0 Å². The minimum absolute atomic E-state index is 0.0281. The first kappa shape index (κ1) is 51.8. The van der Waals surface area contributed by atoms with Crippen molar-refractivity contribution in [3.05, 3.63) is 135 Å². The highest BCUT2D eigenvalue weighted by Gasteiger charge is 2.27. The molecule has 5 rings (SSSR count). The Morgan fingerprint density at radius 2 is 0.894 bits per heavy atom. The maximum absolute atomic E-state index is 13.7.